The summed E-state index contributed by atoms with van der Waals surface area (Å²) in [6, 6.07) is 12.1. The van der Waals surface area contributed by atoms with Crippen molar-refractivity contribution in [2.24, 2.45) is 0 Å². The molecular formula is C19H12Cl2O6. The zero-order valence-corrected chi connectivity index (χ0v) is 15.3. The molecule has 0 saturated heterocycles. The second kappa shape index (κ2) is 8.24. The van der Waals surface area contributed by atoms with Crippen LogP contribution in [0.25, 0.3) is 11.0 Å². The average molecular weight is 407 g/mol. The van der Waals surface area contributed by atoms with E-state index in [2.05, 4.69) is 0 Å². The van der Waals surface area contributed by atoms with Gasteiger partial charge in [-0.05, 0) is 36.4 Å². The molecule has 27 heavy (non-hydrogen) atoms. The summed E-state index contributed by atoms with van der Waals surface area (Å²) in [6.45, 7) is -0.857. The van der Waals surface area contributed by atoms with Gasteiger partial charge in [0.05, 0.1) is 10.0 Å². The number of hydrogen-bond donors (Lipinski definition) is 0. The quantitative estimate of drug-likeness (QED) is 0.350. The van der Waals surface area contributed by atoms with E-state index in [1.807, 2.05) is 0 Å². The molecule has 0 saturated carbocycles. The number of ketones is 1. The van der Waals surface area contributed by atoms with E-state index in [4.69, 9.17) is 37.1 Å². The Hall–Kier alpha value is -2.83. The SMILES string of the molecule is O=C(COc1ccc2ccc(=O)oc2c1)OCC(=O)c1ccc(Cl)c(Cl)c1. The molecule has 0 fully saturated rings. The summed E-state index contributed by atoms with van der Waals surface area (Å²) in [5, 5.41) is 1.28. The maximum Gasteiger partial charge on any atom is 0.344 e. The highest BCUT2D eigenvalue weighted by atomic mass is 35.5. The van der Waals surface area contributed by atoms with E-state index in [0.717, 1.165) is 5.39 Å². The Morgan fingerprint density at radius 3 is 2.48 bits per heavy atom. The highest BCUT2D eigenvalue weighted by molar-refractivity contribution is 6.42. The standard InChI is InChI=1S/C19H12Cl2O6/c20-14-5-2-12(7-15(14)21)16(22)9-26-19(24)10-25-13-4-1-11-3-6-18(23)27-17(11)8-13/h1-8H,9-10H2. The van der Waals surface area contributed by atoms with Gasteiger partial charge >= 0.3 is 11.6 Å². The Morgan fingerprint density at radius 1 is 0.926 bits per heavy atom. The molecule has 3 rings (SSSR count). The molecule has 0 radical (unpaired) electrons. The molecule has 0 amide bonds. The highest BCUT2D eigenvalue weighted by Crippen LogP contribution is 2.23. The van der Waals surface area contributed by atoms with Crippen LogP contribution in [0.2, 0.25) is 10.0 Å². The monoisotopic (exact) mass is 406 g/mol. The summed E-state index contributed by atoms with van der Waals surface area (Å²) >= 11 is 11.6. The first-order chi connectivity index (χ1) is 12.9. The maximum absolute atomic E-state index is 12.0. The lowest BCUT2D eigenvalue weighted by atomic mass is 10.1. The minimum absolute atomic E-state index is 0.236. The molecule has 138 valence electrons. The van der Waals surface area contributed by atoms with Crippen LogP contribution in [0.15, 0.2) is 57.7 Å². The van der Waals surface area contributed by atoms with Gasteiger partial charge in [0.15, 0.2) is 19.0 Å². The molecule has 0 aliphatic carbocycles. The first-order valence-electron chi connectivity index (χ1n) is 7.73. The first-order valence-corrected chi connectivity index (χ1v) is 8.48. The second-order valence-electron chi connectivity index (χ2n) is 5.46. The summed E-state index contributed by atoms with van der Waals surface area (Å²) in [4.78, 5) is 35.0. The number of carbonyl (C=O) groups is 2. The molecule has 0 atom stereocenters. The number of fused-ring (bicyclic) bond motifs is 1. The topological polar surface area (TPSA) is 82.8 Å². The Balaban J connectivity index is 1.54. The van der Waals surface area contributed by atoms with Crippen molar-refractivity contribution in [3.8, 4) is 5.75 Å². The van der Waals surface area contributed by atoms with E-state index in [1.54, 1.807) is 18.2 Å². The van der Waals surface area contributed by atoms with Crippen molar-refractivity contribution in [3.63, 3.8) is 0 Å². The smallest absolute Gasteiger partial charge is 0.344 e. The molecule has 0 N–H and O–H groups in total. The molecular weight excluding hydrogens is 395 g/mol. The van der Waals surface area contributed by atoms with E-state index in [-0.39, 0.29) is 10.6 Å². The van der Waals surface area contributed by atoms with E-state index < -0.39 is 30.6 Å². The van der Waals surface area contributed by atoms with Crippen LogP contribution in [0.4, 0.5) is 0 Å². The van der Waals surface area contributed by atoms with Crippen LogP contribution in [0.3, 0.4) is 0 Å². The molecule has 1 heterocycles. The van der Waals surface area contributed by atoms with Gasteiger partial charge in [-0.2, -0.15) is 0 Å². The van der Waals surface area contributed by atoms with Gasteiger partial charge in [0.1, 0.15) is 11.3 Å². The fourth-order valence-electron chi connectivity index (χ4n) is 2.21. The number of Topliss-reactive ketones (excluding diaryl/α,β-unsaturated/α-hetero) is 1. The van der Waals surface area contributed by atoms with Crippen LogP contribution >= 0.6 is 23.2 Å². The lowest BCUT2D eigenvalue weighted by Gasteiger charge is -2.07. The van der Waals surface area contributed by atoms with Gasteiger partial charge in [-0.25, -0.2) is 9.59 Å². The highest BCUT2D eigenvalue weighted by Gasteiger charge is 2.12. The zero-order chi connectivity index (χ0) is 19.4. The maximum atomic E-state index is 12.0. The Kier molecular flexibility index (Phi) is 5.78. The van der Waals surface area contributed by atoms with E-state index >= 15 is 0 Å². The van der Waals surface area contributed by atoms with Gasteiger partial charge in [0.25, 0.3) is 0 Å². The molecule has 0 unspecified atom stereocenters. The first kappa shape index (κ1) is 18.9. The Bertz CT molecular complexity index is 1070. The van der Waals surface area contributed by atoms with Gasteiger partial charge in [-0.3, -0.25) is 4.79 Å². The van der Waals surface area contributed by atoms with Gasteiger partial charge in [0.2, 0.25) is 0 Å². The molecule has 3 aromatic rings. The van der Waals surface area contributed by atoms with Gasteiger partial charge in [-0.1, -0.05) is 23.2 Å². The fraction of sp³-hybridized carbons (Fsp3) is 0.105. The third kappa shape index (κ3) is 4.87. The van der Waals surface area contributed by atoms with Crippen molar-refractivity contribution >= 4 is 45.9 Å². The van der Waals surface area contributed by atoms with Crippen LogP contribution in [0.1, 0.15) is 10.4 Å². The number of halogens is 2. The number of ether oxygens (including phenoxy) is 2. The number of hydrogen-bond acceptors (Lipinski definition) is 6. The molecule has 0 spiro atoms. The normalized spacial score (nSPS) is 10.6. The van der Waals surface area contributed by atoms with E-state index in [0.29, 0.717) is 16.4 Å². The lowest BCUT2D eigenvalue weighted by Crippen LogP contribution is -2.19. The van der Waals surface area contributed by atoms with Crippen molar-refractivity contribution in [2.75, 3.05) is 13.2 Å². The fourth-order valence-corrected chi connectivity index (χ4v) is 2.51. The number of rotatable bonds is 6. The minimum atomic E-state index is -0.724. The Morgan fingerprint density at radius 2 is 1.70 bits per heavy atom. The second-order valence-corrected chi connectivity index (χ2v) is 6.27. The van der Waals surface area contributed by atoms with Crippen LogP contribution in [0, 0.1) is 0 Å². The summed E-state index contributed by atoms with van der Waals surface area (Å²) in [6.07, 6.45) is 0. The molecule has 2 aromatic carbocycles. The van der Waals surface area contributed by atoms with Crippen LogP contribution < -0.4 is 10.4 Å². The predicted molar refractivity (Wildman–Crippen MR) is 99.7 cm³/mol. The van der Waals surface area contributed by atoms with Crippen molar-refractivity contribution in [2.45, 2.75) is 0 Å². The van der Waals surface area contributed by atoms with Crippen molar-refractivity contribution in [3.05, 3.63) is 74.6 Å². The largest absolute Gasteiger partial charge is 0.482 e. The summed E-state index contributed by atoms with van der Waals surface area (Å²) in [5.74, 6) is -0.822. The summed E-state index contributed by atoms with van der Waals surface area (Å²) in [5.41, 5.74) is 0.130. The third-order valence-electron chi connectivity index (χ3n) is 3.56. The molecule has 8 heteroatoms. The minimum Gasteiger partial charge on any atom is -0.482 e. The lowest BCUT2D eigenvalue weighted by molar-refractivity contribution is -0.144. The number of esters is 1. The van der Waals surface area contributed by atoms with E-state index in [9.17, 15) is 14.4 Å². The molecule has 0 aliphatic rings. The zero-order valence-electron chi connectivity index (χ0n) is 13.7. The molecule has 6 nitrogen and oxygen atoms in total. The van der Waals surface area contributed by atoms with Gasteiger partial charge in [0, 0.05) is 23.1 Å². The van der Waals surface area contributed by atoms with Crippen molar-refractivity contribution in [1.29, 1.82) is 0 Å². The third-order valence-corrected chi connectivity index (χ3v) is 4.30. The molecule has 0 bridgehead atoms. The van der Waals surface area contributed by atoms with Crippen LogP contribution in [-0.4, -0.2) is 25.0 Å². The van der Waals surface area contributed by atoms with Gasteiger partial charge < -0.3 is 13.9 Å². The summed E-state index contributed by atoms with van der Waals surface area (Å²) in [7, 11) is 0. The average Bonchev–Trinajstić information content (AvgIpc) is 2.66. The summed E-state index contributed by atoms with van der Waals surface area (Å²) < 4.78 is 15.2. The predicted octanol–water partition coefficient (Wildman–Crippen LogP) is 3.90. The van der Waals surface area contributed by atoms with Crippen molar-refractivity contribution in [1.82, 2.24) is 0 Å². The number of carbonyl (C=O) groups excluding carboxylic acids is 2. The number of benzene rings is 2. The van der Waals surface area contributed by atoms with Crippen LogP contribution in [0.5, 0.6) is 5.75 Å². The van der Waals surface area contributed by atoms with Crippen LogP contribution in [-0.2, 0) is 9.53 Å². The van der Waals surface area contributed by atoms with Gasteiger partial charge in [-0.15, -0.1) is 0 Å². The van der Waals surface area contributed by atoms with E-state index in [1.165, 1.54) is 30.3 Å². The molecule has 0 aliphatic heterocycles. The van der Waals surface area contributed by atoms with Crippen molar-refractivity contribution < 1.29 is 23.5 Å². The molecule has 1 aromatic heterocycles. The Labute approximate surface area is 163 Å².